The molecule has 0 amide bonds. The van der Waals surface area contributed by atoms with Crippen LogP contribution in [0, 0.1) is 13.8 Å². The fraction of sp³-hybridized carbons (Fsp3) is 0.200. The van der Waals surface area contributed by atoms with Crippen molar-refractivity contribution in [2.24, 2.45) is 0 Å². The van der Waals surface area contributed by atoms with Crippen LogP contribution < -0.4 is 0 Å². The molecule has 0 atom stereocenters. The first-order valence-electron chi connectivity index (χ1n) is 4.08. The van der Waals surface area contributed by atoms with Gasteiger partial charge in [-0.05, 0) is 35.3 Å². The molecule has 0 saturated heterocycles. The minimum Gasteiger partial charge on any atom is -0.233 e. The fourth-order valence-electron chi connectivity index (χ4n) is 1.36. The van der Waals surface area contributed by atoms with E-state index < -0.39 is 0 Å². The summed E-state index contributed by atoms with van der Waals surface area (Å²) in [5.74, 6) is 0.800. The van der Waals surface area contributed by atoms with Gasteiger partial charge in [-0.25, -0.2) is 9.97 Å². The fourth-order valence-corrected chi connectivity index (χ4v) is 1.94. The molecule has 1 heterocycles. The molecule has 0 spiro atoms. The van der Waals surface area contributed by atoms with Crippen LogP contribution in [0.25, 0.3) is 10.9 Å². The third kappa shape index (κ3) is 1.44. The van der Waals surface area contributed by atoms with Crippen molar-refractivity contribution >= 4 is 26.8 Å². The van der Waals surface area contributed by atoms with Crippen molar-refractivity contribution in [1.82, 2.24) is 9.97 Å². The summed E-state index contributed by atoms with van der Waals surface area (Å²) in [5.41, 5.74) is 2.21. The van der Waals surface area contributed by atoms with Gasteiger partial charge in [-0.2, -0.15) is 0 Å². The predicted octanol–water partition coefficient (Wildman–Crippen LogP) is 3.01. The quantitative estimate of drug-likeness (QED) is 0.658. The van der Waals surface area contributed by atoms with Gasteiger partial charge in [0.1, 0.15) is 10.4 Å². The maximum Gasteiger partial charge on any atom is 0.127 e. The first-order valence-corrected chi connectivity index (χ1v) is 4.87. The zero-order valence-corrected chi connectivity index (χ0v) is 9.09. The molecule has 0 aliphatic carbocycles. The summed E-state index contributed by atoms with van der Waals surface area (Å²) in [4.78, 5) is 8.64. The molecule has 2 rings (SSSR count). The van der Waals surface area contributed by atoms with Gasteiger partial charge in [0.15, 0.2) is 0 Å². The lowest BCUT2D eigenvalue weighted by Crippen LogP contribution is -1.92. The van der Waals surface area contributed by atoms with Crippen molar-refractivity contribution in [1.29, 1.82) is 0 Å². The van der Waals surface area contributed by atoms with E-state index in [1.165, 1.54) is 5.56 Å². The summed E-state index contributed by atoms with van der Waals surface area (Å²) in [5, 5.41) is 1.07. The normalized spacial score (nSPS) is 10.7. The van der Waals surface area contributed by atoms with Crippen LogP contribution in [-0.2, 0) is 0 Å². The molecule has 0 aliphatic rings. The zero-order valence-electron chi connectivity index (χ0n) is 7.50. The third-order valence-electron chi connectivity index (χ3n) is 1.99. The van der Waals surface area contributed by atoms with Crippen molar-refractivity contribution in [3.05, 3.63) is 34.2 Å². The monoisotopic (exact) mass is 236 g/mol. The lowest BCUT2D eigenvalue weighted by atomic mass is 10.1. The minimum absolute atomic E-state index is 0.800. The van der Waals surface area contributed by atoms with E-state index in [2.05, 4.69) is 38.9 Å². The molecule has 2 nitrogen and oxygen atoms in total. The van der Waals surface area contributed by atoms with Crippen LogP contribution in [0.4, 0.5) is 0 Å². The molecule has 0 aliphatic heterocycles. The highest BCUT2D eigenvalue weighted by Gasteiger charge is 2.03. The summed E-state index contributed by atoms with van der Waals surface area (Å²) >= 11 is 3.43. The van der Waals surface area contributed by atoms with Crippen LogP contribution in [0.1, 0.15) is 11.4 Å². The first kappa shape index (κ1) is 8.63. The lowest BCUT2D eigenvalue weighted by molar-refractivity contribution is 1.07. The van der Waals surface area contributed by atoms with E-state index in [4.69, 9.17) is 0 Å². The van der Waals surface area contributed by atoms with Gasteiger partial charge in [-0.15, -0.1) is 0 Å². The van der Waals surface area contributed by atoms with Gasteiger partial charge in [-0.1, -0.05) is 18.2 Å². The summed E-state index contributed by atoms with van der Waals surface area (Å²) in [7, 11) is 0. The molecule has 3 heteroatoms. The highest BCUT2D eigenvalue weighted by molar-refractivity contribution is 9.10. The smallest absolute Gasteiger partial charge is 0.127 e. The molecule has 0 radical (unpaired) electrons. The molecular weight excluding hydrogens is 228 g/mol. The van der Waals surface area contributed by atoms with Crippen molar-refractivity contribution in [3.8, 4) is 0 Å². The number of aromatic nitrogens is 2. The number of hydrogen-bond acceptors (Lipinski definition) is 2. The standard InChI is InChI=1S/C10H9BrN2/c1-6-4-3-5-8-9(6)12-7(2)13-10(8)11/h3-5H,1-2H3. The molecule has 0 fully saturated rings. The maximum absolute atomic E-state index is 4.39. The minimum atomic E-state index is 0.800. The van der Waals surface area contributed by atoms with E-state index in [0.29, 0.717) is 0 Å². The second-order valence-corrected chi connectivity index (χ2v) is 3.78. The summed E-state index contributed by atoms with van der Waals surface area (Å²) in [6.45, 7) is 3.96. The van der Waals surface area contributed by atoms with E-state index in [0.717, 1.165) is 21.3 Å². The van der Waals surface area contributed by atoms with Crippen LogP contribution in [0.3, 0.4) is 0 Å². The van der Waals surface area contributed by atoms with Gasteiger partial charge in [0.25, 0.3) is 0 Å². The molecule has 0 N–H and O–H groups in total. The number of fused-ring (bicyclic) bond motifs is 1. The largest absolute Gasteiger partial charge is 0.233 e. The predicted molar refractivity (Wildman–Crippen MR) is 56.7 cm³/mol. The molecule has 1 aromatic heterocycles. The Labute approximate surface area is 85.1 Å². The van der Waals surface area contributed by atoms with Gasteiger partial charge in [0, 0.05) is 5.39 Å². The van der Waals surface area contributed by atoms with Crippen molar-refractivity contribution in [3.63, 3.8) is 0 Å². The molecule has 13 heavy (non-hydrogen) atoms. The van der Waals surface area contributed by atoms with Gasteiger partial charge in [0.2, 0.25) is 0 Å². The van der Waals surface area contributed by atoms with Crippen LogP contribution in [0.2, 0.25) is 0 Å². The van der Waals surface area contributed by atoms with Crippen molar-refractivity contribution in [2.45, 2.75) is 13.8 Å². The number of para-hydroxylation sites is 1. The van der Waals surface area contributed by atoms with E-state index in [-0.39, 0.29) is 0 Å². The molecule has 0 unspecified atom stereocenters. The average Bonchev–Trinajstić information content (AvgIpc) is 2.07. The Morgan fingerprint density at radius 1 is 1.15 bits per heavy atom. The molecule has 0 saturated carbocycles. The Morgan fingerprint density at radius 3 is 2.69 bits per heavy atom. The highest BCUT2D eigenvalue weighted by atomic mass is 79.9. The Bertz CT molecular complexity index is 466. The Hall–Kier alpha value is -0.960. The first-order chi connectivity index (χ1) is 6.18. The zero-order chi connectivity index (χ0) is 9.42. The molecule has 2 aromatic rings. The Kier molecular flexibility index (Phi) is 2.04. The SMILES string of the molecule is Cc1nc(Br)c2cccc(C)c2n1. The maximum atomic E-state index is 4.39. The topological polar surface area (TPSA) is 25.8 Å². The summed E-state index contributed by atoms with van der Waals surface area (Å²) < 4.78 is 0.874. The Morgan fingerprint density at radius 2 is 1.92 bits per heavy atom. The number of halogens is 1. The number of aryl methyl sites for hydroxylation is 2. The number of benzene rings is 1. The number of hydrogen-bond donors (Lipinski definition) is 0. The molecule has 0 bridgehead atoms. The molecule has 1 aromatic carbocycles. The summed E-state index contributed by atoms with van der Waals surface area (Å²) in [6, 6.07) is 6.09. The lowest BCUT2D eigenvalue weighted by Gasteiger charge is -2.03. The Balaban J connectivity index is 2.94. The highest BCUT2D eigenvalue weighted by Crippen LogP contribution is 2.22. The van der Waals surface area contributed by atoms with Crippen molar-refractivity contribution in [2.75, 3.05) is 0 Å². The van der Waals surface area contributed by atoms with Gasteiger partial charge >= 0.3 is 0 Å². The van der Waals surface area contributed by atoms with Gasteiger partial charge in [0.05, 0.1) is 5.52 Å². The van der Waals surface area contributed by atoms with E-state index >= 15 is 0 Å². The number of rotatable bonds is 0. The van der Waals surface area contributed by atoms with Gasteiger partial charge in [-0.3, -0.25) is 0 Å². The van der Waals surface area contributed by atoms with Crippen LogP contribution in [0.15, 0.2) is 22.8 Å². The van der Waals surface area contributed by atoms with Gasteiger partial charge < -0.3 is 0 Å². The summed E-state index contributed by atoms with van der Waals surface area (Å²) in [6.07, 6.45) is 0. The van der Waals surface area contributed by atoms with Crippen LogP contribution in [0.5, 0.6) is 0 Å². The third-order valence-corrected chi connectivity index (χ3v) is 2.60. The number of nitrogens with zero attached hydrogens (tertiary/aromatic N) is 2. The van der Waals surface area contributed by atoms with Crippen molar-refractivity contribution < 1.29 is 0 Å². The second-order valence-electron chi connectivity index (χ2n) is 3.03. The van der Waals surface area contributed by atoms with Crippen LogP contribution >= 0.6 is 15.9 Å². The van der Waals surface area contributed by atoms with E-state index in [1.807, 2.05) is 19.1 Å². The van der Waals surface area contributed by atoms with Crippen LogP contribution in [-0.4, -0.2) is 9.97 Å². The molecule has 66 valence electrons. The van der Waals surface area contributed by atoms with E-state index in [1.54, 1.807) is 0 Å². The van der Waals surface area contributed by atoms with E-state index in [9.17, 15) is 0 Å². The second kappa shape index (κ2) is 3.07. The molecular formula is C10H9BrN2. The average molecular weight is 237 g/mol.